The Morgan fingerprint density at radius 3 is 3.12 bits per heavy atom. The number of ether oxygens (including phenoxy) is 2. The van der Waals surface area contributed by atoms with Gasteiger partial charge in [0.25, 0.3) is 0 Å². The van der Waals surface area contributed by atoms with Crippen LogP contribution in [0.5, 0.6) is 0 Å². The molecule has 0 N–H and O–H groups in total. The summed E-state index contributed by atoms with van der Waals surface area (Å²) in [5.41, 5.74) is -0.647. The zero-order valence-corrected chi connectivity index (χ0v) is 15.2. The van der Waals surface area contributed by atoms with E-state index >= 15 is 0 Å². The molecule has 2 saturated heterocycles. The normalized spacial score (nSPS) is 32.4. The minimum absolute atomic E-state index is 0.00996. The lowest BCUT2D eigenvalue weighted by Crippen LogP contribution is -2.40. The predicted molar refractivity (Wildman–Crippen MR) is 93.9 cm³/mol. The number of likely N-dealkylation sites (tertiary alicyclic amines) is 1. The van der Waals surface area contributed by atoms with Gasteiger partial charge in [-0.3, -0.25) is 9.59 Å². The molecule has 0 aliphatic carbocycles. The average Bonchev–Trinajstić information content (AvgIpc) is 3.35. The van der Waals surface area contributed by atoms with Crippen LogP contribution in [0.15, 0.2) is 29.7 Å². The maximum Gasteiger partial charge on any atom is 0.312 e. The highest BCUT2D eigenvalue weighted by Crippen LogP contribution is 2.52. The molecule has 4 rings (SSSR count). The Balaban J connectivity index is 1.47. The van der Waals surface area contributed by atoms with Crippen molar-refractivity contribution in [3.63, 3.8) is 0 Å². The third kappa shape index (κ3) is 2.81. The van der Waals surface area contributed by atoms with Gasteiger partial charge in [-0.15, -0.1) is 11.3 Å². The number of fused-ring (bicyclic) bond motifs is 1. The Morgan fingerprint density at radius 1 is 1.48 bits per heavy atom. The summed E-state index contributed by atoms with van der Waals surface area (Å²) in [6.07, 6.45) is 6.57. The van der Waals surface area contributed by atoms with Crippen molar-refractivity contribution in [1.82, 2.24) is 4.90 Å². The number of esters is 1. The molecule has 0 radical (unpaired) electrons. The van der Waals surface area contributed by atoms with Crippen LogP contribution in [-0.4, -0.2) is 41.6 Å². The standard InChI is InChI=1S/C19H23NO4S/c1-2-3-4-9-23-18(22)15-14-7-8-19(24-14)12-20(17(21)16(15)19)11-13-6-5-10-25-13/h5-8,10,14-16H,2-4,9,11-12H2,1H3/t14-,15-,16+,19-/m1/s1. The first-order valence-electron chi connectivity index (χ1n) is 8.99. The van der Waals surface area contributed by atoms with E-state index in [0.29, 0.717) is 19.7 Å². The van der Waals surface area contributed by atoms with Crippen molar-refractivity contribution in [2.45, 2.75) is 44.4 Å². The van der Waals surface area contributed by atoms with Gasteiger partial charge >= 0.3 is 5.97 Å². The summed E-state index contributed by atoms with van der Waals surface area (Å²) in [5.74, 6) is -1.23. The molecule has 4 atom stereocenters. The lowest BCUT2D eigenvalue weighted by molar-refractivity contribution is -0.154. The number of amides is 1. The molecular weight excluding hydrogens is 338 g/mol. The molecule has 1 aromatic rings. The van der Waals surface area contributed by atoms with Crippen LogP contribution in [0.2, 0.25) is 0 Å². The summed E-state index contributed by atoms with van der Waals surface area (Å²) in [5, 5.41) is 2.01. The van der Waals surface area contributed by atoms with Crippen LogP contribution in [0.4, 0.5) is 0 Å². The molecule has 4 heterocycles. The van der Waals surface area contributed by atoms with E-state index in [4.69, 9.17) is 9.47 Å². The molecule has 134 valence electrons. The van der Waals surface area contributed by atoms with E-state index in [9.17, 15) is 9.59 Å². The van der Waals surface area contributed by atoms with Gasteiger partial charge in [-0.1, -0.05) is 38.0 Å². The molecule has 1 spiro atoms. The third-order valence-electron chi connectivity index (χ3n) is 5.37. The molecule has 3 aliphatic rings. The van der Waals surface area contributed by atoms with Crippen molar-refractivity contribution < 1.29 is 19.1 Å². The zero-order valence-electron chi connectivity index (χ0n) is 14.3. The van der Waals surface area contributed by atoms with E-state index in [0.717, 1.165) is 24.1 Å². The summed E-state index contributed by atoms with van der Waals surface area (Å²) in [4.78, 5) is 28.6. The predicted octanol–water partition coefficient (Wildman–Crippen LogP) is 2.76. The number of carbonyl (C=O) groups is 2. The highest BCUT2D eigenvalue weighted by atomic mass is 32.1. The molecule has 0 unspecified atom stereocenters. The van der Waals surface area contributed by atoms with Crippen LogP contribution >= 0.6 is 11.3 Å². The Bertz CT molecular complexity index is 686. The van der Waals surface area contributed by atoms with Crippen molar-refractivity contribution >= 4 is 23.2 Å². The minimum Gasteiger partial charge on any atom is -0.465 e. The van der Waals surface area contributed by atoms with Crippen molar-refractivity contribution in [2.75, 3.05) is 13.2 Å². The van der Waals surface area contributed by atoms with Crippen molar-refractivity contribution in [1.29, 1.82) is 0 Å². The summed E-state index contributed by atoms with van der Waals surface area (Å²) in [7, 11) is 0. The van der Waals surface area contributed by atoms with E-state index < -0.39 is 17.4 Å². The van der Waals surface area contributed by atoms with Gasteiger partial charge in [0.05, 0.1) is 31.7 Å². The fourth-order valence-corrected chi connectivity index (χ4v) is 4.91. The van der Waals surface area contributed by atoms with Crippen molar-refractivity contribution in [3.8, 4) is 0 Å². The van der Waals surface area contributed by atoms with Crippen molar-refractivity contribution in [3.05, 3.63) is 34.5 Å². The highest BCUT2D eigenvalue weighted by molar-refractivity contribution is 7.09. The molecule has 6 heteroatoms. The maximum atomic E-state index is 13.0. The van der Waals surface area contributed by atoms with Crippen LogP contribution in [0.1, 0.15) is 31.1 Å². The maximum absolute atomic E-state index is 13.0. The second-order valence-electron chi connectivity index (χ2n) is 7.05. The molecule has 0 saturated carbocycles. The number of carbonyl (C=O) groups excluding carboxylic acids is 2. The summed E-state index contributed by atoms with van der Waals surface area (Å²) < 4.78 is 11.5. The second-order valence-corrected chi connectivity index (χ2v) is 8.08. The Morgan fingerprint density at radius 2 is 2.36 bits per heavy atom. The molecule has 1 amide bonds. The molecule has 5 nitrogen and oxygen atoms in total. The van der Waals surface area contributed by atoms with Gasteiger partial charge in [0.2, 0.25) is 5.91 Å². The molecule has 25 heavy (non-hydrogen) atoms. The number of hydrogen-bond acceptors (Lipinski definition) is 5. The fraction of sp³-hybridized carbons (Fsp3) is 0.579. The summed E-state index contributed by atoms with van der Waals surface area (Å²) in [6, 6.07) is 4.01. The Labute approximate surface area is 151 Å². The van der Waals surface area contributed by atoms with Gasteiger partial charge in [-0.2, -0.15) is 0 Å². The Kier molecular flexibility index (Phi) is 4.41. The smallest absolute Gasteiger partial charge is 0.312 e. The summed E-state index contributed by atoms with van der Waals surface area (Å²) >= 11 is 1.64. The average molecular weight is 361 g/mol. The SMILES string of the molecule is CCCCCOC(=O)[C@H]1[C@H]2C(=O)N(Cc3cccs3)C[C@]23C=C[C@H]1O3. The molecule has 0 aromatic carbocycles. The van der Waals surface area contributed by atoms with Gasteiger partial charge in [0.15, 0.2) is 0 Å². The van der Waals surface area contributed by atoms with E-state index in [1.54, 1.807) is 11.3 Å². The number of rotatable bonds is 7. The van der Waals surface area contributed by atoms with Crippen LogP contribution in [0.25, 0.3) is 0 Å². The van der Waals surface area contributed by atoms with Gasteiger partial charge in [-0.25, -0.2) is 0 Å². The molecule has 2 fully saturated rings. The molecule has 1 aromatic heterocycles. The molecule has 2 bridgehead atoms. The fourth-order valence-electron chi connectivity index (χ4n) is 4.19. The lowest BCUT2D eigenvalue weighted by atomic mass is 9.77. The molecular formula is C19H23NO4S. The van der Waals surface area contributed by atoms with E-state index in [-0.39, 0.29) is 18.0 Å². The monoisotopic (exact) mass is 361 g/mol. The number of nitrogens with zero attached hydrogens (tertiary/aromatic N) is 1. The number of unbranched alkanes of at least 4 members (excludes halogenated alkanes) is 2. The third-order valence-corrected chi connectivity index (χ3v) is 6.23. The first-order chi connectivity index (χ1) is 12.1. The van der Waals surface area contributed by atoms with Gasteiger partial charge in [0.1, 0.15) is 11.5 Å². The number of thiophene rings is 1. The minimum atomic E-state index is -0.647. The highest BCUT2D eigenvalue weighted by Gasteiger charge is 2.67. The molecule has 3 aliphatic heterocycles. The van der Waals surface area contributed by atoms with Crippen LogP contribution < -0.4 is 0 Å². The quantitative estimate of drug-likeness (QED) is 0.426. The van der Waals surface area contributed by atoms with Crippen LogP contribution in [0, 0.1) is 11.8 Å². The van der Waals surface area contributed by atoms with Crippen LogP contribution in [0.3, 0.4) is 0 Å². The van der Waals surface area contributed by atoms with Gasteiger partial charge < -0.3 is 14.4 Å². The van der Waals surface area contributed by atoms with E-state index in [1.807, 2.05) is 34.6 Å². The summed E-state index contributed by atoms with van der Waals surface area (Å²) in [6.45, 7) is 3.63. The lowest BCUT2D eigenvalue weighted by Gasteiger charge is -2.22. The second kappa shape index (κ2) is 6.57. The zero-order chi connectivity index (χ0) is 17.4. The topological polar surface area (TPSA) is 55.8 Å². The van der Waals surface area contributed by atoms with Gasteiger partial charge in [-0.05, 0) is 17.9 Å². The first-order valence-corrected chi connectivity index (χ1v) is 9.87. The Hall–Kier alpha value is -1.66. The largest absolute Gasteiger partial charge is 0.465 e. The van der Waals surface area contributed by atoms with E-state index in [1.165, 1.54) is 0 Å². The van der Waals surface area contributed by atoms with Crippen LogP contribution in [-0.2, 0) is 25.6 Å². The van der Waals surface area contributed by atoms with Crippen molar-refractivity contribution in [2.24, 2.45) is 11.8 Å². The van der Waals surface area contributed by atoms with Gasteiger partial charge in [0, 0.05) is 4.88 Å². The number of hydrogen-bond donors (Lipinski definition) is 0. The van der Waals surface area contributed by atoms with E-state index in [2.05, 4.69) is 6.92 Å². The first kappa shape index (κ1) is 16.8.